The fraction of sp³-hybridized carbons (Fsp3) is 0.231. The molecule has 31 heavy (non-hydrogen) atoms. The van der Waals surface area contributed by atoms with E-state index in [0.717, 1.165) is 54.0 Å². The summed E-state index contributed by atoms with van der Waals surface area (Å²) in [6, 6.07) is 20.6. The van der Waals surface area contributed by atoms with Crippen molar-refractivity contribution in [3.63, 3.8) is 0 Å². The number of nitrogens with zero attached hydrogens (tertiary/aromatic N) is 3. The molecule has 0 aliphatic carbocycles. The second kappa shape index (κ2) is 7.58. The summed E-state index contributed by atoms with van der Waals surface area (Å²) in [5.74, 6) is -0.232. The molecule has 156 valence electrons. The zero-order chi connectivity index (χ0) is 21.5. The van der Waals surface area contributed by atoms with E-state index in [-0.39, 0.29) is 5.69 Å². The Hall–Kier alpha value is -3.60. The van der Waals surface area contributed by atoms with Crippen molar-refractivity contribution in [1.82, 2.24) is 9.55 Å². The summed E-state index contributed by atoms with van der Waals surface area (Å²) >= 11 is 0. The van der Waals surface area contributed by atoms with Crippen LogP contribution in [0, 0.1) is 13.8 Å². The minimum absolute atomic E-state index is 0.0984. The molecule has 0 spiro atoms. The van der Waals surface area contributed by atoms with Gasteiger partial charge in [-0.25, -0.2) is 9.78 Å². The van der Waals surface area contributed by atoms with Gasteiger partial charge in [-0.15, -0.1) is 0 Å². The van der Waals surface area contributed by atoms with Gasteiger partial charge in [0, 0.05) is 30.7 Å². The van der Waals surface area contributed by atoms with Gasteiger partial charge < -0.3 is 14.6 Å². The Kier molecular flexibility index (Phi) is 4.74. The predicted molar refractivity (Wildman–Crippen MR) is 123 cm³/mol. The number of aryl methyl sites for hydroxylation is 1. The number of carboxylic acid groups (broad SMARTS) is 1. The maximum absolute atomic E-state index is 11.9. The number of aromatic nitrogens is 2. The molecule has 5 rings (SSSR count). The number of benzene rings is 2. The van der Waals surface area contributed by atoms with E-state index < -0.39 is 5.97 Å². The van der Waals surface area contributed by atoms with Crippen LogP contribution >= 0.6 is 0 Å². The van der Waals surface area contributed by atoms with Crippen LogP contribution in [0.1, 0.15) is 38.4 Å². The molecule has 5 heteroatoms. The first-order valence-corrected chi connectivity index (χ1v) is 10.6. The molecule has 0 saturated carbocycles. The van der Waals surface area contributed by atoms with E-state index in [1.54, 1.807) is 6.07 Å². The Morgan fingerprint density at radius 2 is 1.74 bits per heavy atom. The van der Waals surface area contributed by atoms with Crippen molar-refractivity contribution in [1.29, 1.82) is 0 Å². The Labute approximate surface area is 181 Å². The average molecular weight is 412 g/mol. The van der Waals surface area contributed by atoms with Crippen LogP contribution in [-0.2, 0) is 19.5 Å². The highest BCUT2D eigenvalue weighted by Gasteiger charge is 2.25. The Morgan fingerprint density at radius 1 is 1.03 bits per heavy atom. The molecule has 5 nitrogen and oxygen atoms in total. The topological polar surface area (TPSA) is 58.4 Å². The number of pyridine rings is 1. The zero-order valence-electron chi connectivity index (χ0n) is 17.8. The van der Waals surface area contributed by atoms with Gasteiger partial charge in [-0.3, -0.25) is 0 Å². The molecule has 4 aromatic rings. The Balaban J connectivity index is 1.70. The van der Waals surface area contributed by atoms with Crippen molar-refractivity contribution >= 4 is 22.7 Å². The molecule has 0 bridgehead atoms. The van der Waals surface area contributed by atoms with Gasteiger partial charge >= 0.3 is 5.97 Å². The molecule has 0 fully saturated rings. The first-order valence-electron chi connectivity index (χ1n) is 10.6. The first kappa shape index (κ1) is 19.4. The summed E-state index contributed by atoms with van der Waals surface area (Å²) < 4.78 is 2.29. The van der Waals surface area contributed by atoms with E-state index in [9.17, 15) is 9.90 Å². The quantitative estimate of drug-likeness (QED) is 0.516. The van der Waals surface area contributed by atoms with Crippen LogP contribution in [0.2, 0.25) is 0 Å². The summed E-state index contributed by atoms with van der Waals surface area (Å²) in [6.45, 7) is 6.45. The van der Waals surface area contributed by atoms with Crippen molar-refractivity contribution < 1.29 is 9.90 Å². The van der Waals surface area contributed by atoms with Crippen molar-refractivity contribution in [2.24, 2.45) is 0 Å². The Bertz CT molecular complexity index is 1290. The SMILES string of the molecule is Cc1c(C)n(Cc2ccccc2)c2c(N3CCc4ccccc4C3)nc(C(=O)O)cc12. The predicted octanol–water partition coefficient (Wildman–Crippen LogP) is 4.96. The van der Waals surface area contributed by atoms with E-state index >= 15 is 0 Å². The summed E-state index contributed by atoms with van der Waals surface area (Å²) in [7, 11) is 0. The van der Waals surface area contributed by atoms with Gasteiger partial charge in [0.15, 0.2) is 11.5 Å². The second-order valence-corrected chi connectivity index (χ2v) is 8.25. The van der Waals surface area contributed by atoms with Crippen molar-refractivity contribution in [2.75, 3.05) is 11.4 Å². The number of carbonyl (C=O) groups is 1. The lowest BCUT2D eigenvalue weighted by Gasteiger charge is -2.31. The summed E-state index contributed by atoms with van der Waals surface area (Å²) in [5.41, 5.74) is 7.20. The standard InChI is InChI=1S/C26H25N3O2/c1-17-18(2)29(15-19-8-4-3-5-9-19)24-22(17)14-23(26(30)31)27-25(24)28-13-12-20-10-6-7-11-21(20)16-28/h3-11,14H,12-13,15-16H2,1-2H3,(H,30,31). The fourth-order valence-corrected chi connectivity index (χ4v) is 4.61. The molecule has 0 unspecified atom stereocenters. The number of fused-ring (bicyclic) bond motifs is 2. The Morgan fingerprint density at radius 3 is 2.48 bits per heavy atom. The summed E-state index contributed by atoms with van der Waals surface area (Å²) in [4.78, 5) is 18.8. The normalized spacial score (nSPS) is 13.4. The number of anilines is 1. The molecule has 0 atom stereocenters. The molecular weight excluding hydrogens is 386 g/mol. The highest BCUT2D eigenvalue weighted by atomic mass is 16.4. The number of hydrogen-bond acceptors (Lipinski definition) is 3. The zero-order valence-corrected chi connectivity index (χ0v) is 17.8. The molecule has 0 saturated heterocycles. The van der Waals surface area contributed by atoms with E-state index in [4.69, 9.17) is 0 Å². The molecular formula is C26H25N3O2. The van der Waals surface area contributed by atoms with Gasteiger partial charge in [0.1, 0.15) is 0 Å². The molecule has 1 aliphatic heterocycles. The van der Waals surface area contributed by atoms with Gasteiger partial charge in [0.05, 0.1) is 5.52 Å². The van der Waals surface area contributed by atoms with Crippen molar-refractivity contribution in [2.45, 2.75) is 33.4 Å². The third-order valence-electron chi connectivity index (χ3n) is 6.43. The lowest BCUT2D eigenvalue weighted by Crippen LogP contribution is -2.32. The highest BCUT2D eigenvalue weighted by Crippen LogP contribution is 2.35. The van der Waals surface area contributed by atoms with Crippen LogP contribution in [0.25, 0.3) is 10.9 Å². The van der Waals surface area contributed by atoms with Crippen LogP contribution in [-0.4, -0.2) is 27.2 Å². The van der Waals surface area contributed by atoms with Gasteiger partial charge in [-0.2, -0.15) is 0 Å². The number of hydrogen-bond donors (Lipinski definition) is 1. The lowest BCUT2D eigenvalue weighted by atomic mass is 10.00. The second-order valence-electron chi connectivity index (χ2n) is 8.25. The first-order chi connectivity index (χ1) is 15.0. The third-order valence-corrected chi connectivity index (χ3v) is 6.43. The van der Waals surface area contributed by atoms with Gasteiger partial charge in [-0.05, 0) is 48.6 Å². The minimum Gasteiger partial charge on any atom is -0.477 e. The number of carboxylic acids is 1. The van der Waals surface area contributed by atoms with E-state index in [1.807, 2.05) is 18.2 Å². The molecule has 2 aromatic heterocycles. The van der Waals surface area contributed by atoms with Crippen molar-refractivity contribution in [3.8, 4) is 0 Å². The summed E-state index contributed by atoms with van der Waals surface area (Å²) in [6.07, 6.45) is 0.925. The average Bonchev–Trinajstić information content (AvgIpc) is 3.03. The van der Waals surface area contributed by atoms with Crippen LogP contribution in [0.15, 0.2) is 60.7 Å². The maximum atomic E-state index is 11.9. The summed E-state index contributed by atoms with van der Waals surface area (Å²) in [5, 5.41) is 10.7. The van der Waals surface area contributed by atoms with Crippen LogP contribution in [0.5, 0.6) is 0 Å². The third kappa shape index (κ3) is 3.36. The fourth-order valence-electron chi connectivity index (χ4n) is 4.61. The molecule has 2 aromatic carbocycles. The van der Waals surface area contributed by atoms with E-state index in [2.05, 4.69) is 64.7 Å². The lowest BCUT2D eigenvalue weighted by molar-refractivity contribution is 0.0691. The number of rotatable bonds is 4. The number of aromatic carboxylic acids is 1. The van der Waals surface area contributed by atoms with Gasteiger partial charge in [0.25, 0.3) is 0 Å². The van der Waals surface area contributed by atoms with Crippen molar-refractivity contribution in [3.05, 3.63) is 94.3 Å². The molecule has 1 aliphatic rings. The molecule has 3 heterocycles. The van der Waals surface area contributed by atoms with Gasteiger partial charge in [0.2, 0.25) is 0 Å². The molecule has 0 radical (unpaired) electrons. The maximum Gasteiger partial charge on any atom is 0.354 e. The minimum atomic E-state index is -0.992. The molecule has 1 N–H and O–H groups in total. The molecule has 0 amide bonds. The van der Waals surface area contributed by atoms with Crippen LogP contribution < -0.4 is 4.90 Å². The van der Waals surface area contributed by atoms with Crippen LogP contribution in [0.4, 0.5) is 5.82 Å². The monoisotopic (exact) mass is 411 g/mol. The smallest absolute Gasteiger partial charge is 0.354 e. The van der Waals surface area contributed by atoms with E-state index in [1.165, 1.54) is 16.7 Å². The van der Waals surface area contributed by atoms with Crippen LogP contribution in [0.3, 0.4) is 0 Å². The highest BCUT2D eigenvalue weighted by molar-refractivity contribution is 5.99. The van der Waals surface area contributed by atoms with E-state index in [0.29, 0.717) is 0 Å². The largest absolute Gasteiger partial charge is 0.477 e. The van der Waals surface area contributed by atoms with Gasteiger partial charge in [-0.1, -0.05) is 54.6 Å².